The molecule has 11 heavy (non-hydrogen) atoms. The van der Waals surface area contributed by atoms with Gasteiger partial charge >= 0.3 is 5.97 Å². The van der Waals surface area contributed by atoms with Crippen molar-refractivity contribution in [2.45, 2.75) is 0 Å². The minimum atomic E-state index is -0.256. The molecule has 0 aliphatic carbocycles. The number of rotatable bonds is 1. The van der Waals surface area contributed by atoms with Crippen LogP contribution in [0.1, 0.15) is 10.4 Å². The molecule has 0 radical (unpaired) electrons. The van der Waals surface area contributed by atoms with E-state index < -0.39 is 0 Å². The average molecular weight is 394 g/mol. The van der Waals surface area contributed by atoms with Crippen LogP contribution in [-0.2, 0) is 4.74 Å². The summed E-state index contributed by atoms with van der Waals surface area (Å²) in [7, 11) is 1.39. The monoisotopic (exact) mass is 394 g/mol. The largest absolute Gasteiger partial charge is 0.465 e. The number of carbonyl (C=O) groups is 1. The van der Waals surface area contributed by atoms with Gasteiger partial charge in [-0.05, 0) is 51.2 Å². The van der Waals surface area contributed by atoms with Gasteiger partial charge in [-0.2, -0.15) is 0 Å². The topological polar surface area (TPSA) is 26.3 Å². The van der Waals surface area contributed by atoms with Gasteiger partial charge in [-0.25, -0.2) is 4.79 Å². The molecule has 1 aromatic rings. The molecule has 0 saturated carbocycles. The van der Waals surface area contributed by atoms with Crippen LogP contribution in [0.4, 0.5) is 0 Å². The average Bonchev–Trinajstić information content (AvgIpc) is 2.28. The highest BCUT2D eigenvalue weighted by atomic mass is 127. The van der Waals surface area contributed by atoms with Crippen molar-refractivity contribution >= 4 is 62.5 Å². The van der Waals surface area contributed by atoms with E-state index >= 15 is 0 Å². The third-order valence-corrected chi connectivity index (χ3v) is 3.99. The second-order valence-electron chi connectivity index (χ2n) is 1.73. The maximum atomic E-state index is 11.0. The maximum absolute atomic E-state index is 11.0. The van der Waals surface area contributed by atoms with Gasteiger partial charge in [0.2, 0.25) is 0 Å². The molecule has 0 spiro atoms. The van der Waals surface area contributed by atoms with Gasteiger partial charge < -0.3 is 4.74 Å². The van der Waals surface area contributed by atoms with Crippen molar-refractivity contribution in [3.05, 3.63) is 17.4 Å². The molecule has 0 fully saturated rings. The second kappa shape index (κ2) is 4.04. The van der Waals surface area contributed by atoms with E-state index in [1.807, 2.05) is 6.07 Å². The summed E-state index contributed by atoms with van der Waals surface area (Å²) in [6.45, 7) is 0. The van der Waals surface area contributed by atoms with Crippen molar-refractivity contribution in [3.63, 3.8) is 0 Å². The van der Waals surface area contributed by atoms with E-state index in [9.17, 15) is 4.79 Å². The van der Waals surface area contributed by atoms with Gasteiger partial charge in [-0.3, -0.25) is 0 Å². The Labute approximate surface area is 95.6 Å². The molecule has 0 atom stereocenters. The zero-order chi connectivity index (χ0) is 8.43. The first-order valence-electron chi connectivity index (χ1n) is 2.68. The van der Waals surface area contributed by atoms with Gasteiger partial charge in [0, 0.05) is 0 Å². The van der Waals surface area contributed by atoms with Gasteiger partial charge in [0.05, 0.1) is 18.4 Å². The second-order valence-corrected chi connectivity index (χ2v) is 6.49. The van der Waals surface area contributed by atoms with Crippen molar-refractivity contribution in [1.29, 1.82) is 0 Å². The van der Waals surface area contributed by atoms with Crippen LogP contribution in [0.15, 0.2) is 6.07 Å². The molecule has 0 unspecified atom stereocenters. The number of hydrogen-bond acceptors (Lipinski definition) is 3. The lowest BCUT2D eigenvalue weighted by atomic mass is 10.4. The highest BCUT2D eigenvalue weighted by Crippen LogP contribution is 2.25. The Morgan fingerprint density at radius 3 is 2.64 bits per heavy atom. The van der Waals surface area contributed by atoms with Crippen LogP contribution < -0.4 is 0 Å². The molecule has 0 aliphatic heterocycles. The van der Waals surface area contributed by atoms with Crippen LogP contribution in [0.25, 0.3) is 0 Å². The van der Waals surface area contributed by atoms with Crippen LogP contribution in [-0.4, -0.2) is 13.1 Å². The molecule has 0 amide bonds. The summed E-state index contributed by atoms with van der Waals surface area (Å²) >= 11 is 5.90. The normalized spacial score (nSPS) is 9.73. The van der Waals surface area contributed by atoms with E-state index in [1.54, 1.807) is 11.3 Å². The summed E-state index contributed by atoms with van der Waals surface area (Å²) in [6.07, 6.45) is 0. The van der Waals surface area contributed by atoms with Crippen LogP contribution in [0.3, 0.4) is 0 Å². The number of ether oxygens (including phenoxy) is 1. The van der Waals surface area contributed by atoms with Crippen molar-refractivity contribution in [2.24, 2.45) is 0 Å². The fourth-order valence-electron chi connectivity index (χ4n) is 0.589. The van der Waals surface area contributed by atoms with E-state index in [4.69, 9.17) is 0 Å². The van der Waals surface area contributed by atoms with Crippen LogP contribution in [0.2, 0.25) is 0 Å². The molecule has 1 heterocycles. The Balaban J connectivity index is 3.03. The van der Waals surface area contributed by atoms with E-state index in [0.29, 0.717) is 5.56 Å². The Hall–Kier alpha value is 0.630. The lowest BCUT2D eigenvalue weighted by molar-refractivity contribution is 0.0600. The van der Waals surface area contributed by atoms with E-state index in [-0.39, 0.29) is 5.97 Å². The van der Waals surface area contributed by atoms with Crippen molar-refractivity contribution in [2.75, 3.05) is 7.11 Å². The Kier molecular flexibility index (Phi) is 3.56. The number of thiophene rings is 1. The molecule has 0 aliphatic rings. The minimum absolute atomic E-state index is 0.256. The molecule has 60 valence electrons. The van der Waals surface area contributed by atoms with Crippen molar-refractivity contribution in [3.8, 4) is 0 Å². The zero-order valence-corrected chi connectivity index (χ0v) is 10.7. The van der Waals surface area contributed by atoms with Crippen LogP contribution >= 0.6 is 56.5 Å². The third-order valence-electron chi connectivity index (χ3n) is 1.06. The Bertz CT molecular complexity index is 282. The fourth-order valence-corrected chi connectivity index (χ4v) is 4.51. The van der Waals surface area contributed by atoms with Crippen LogP contribution in [0.5, 0.6) is 0 Å². The lowest BCUT2D eigenvalue weighted by Gasteiger charge is -1.93. The summed E-state index contributed by atoms with van der Waals surface area (Å²) in [5, 5.41) is 0. The van der Waals surface area contributed by atoms with Gasteiger partial charge in [-0.15, -0.1) is 11.3 Å². The molecule has 0 bridgehead atoms. The van der Waals surface area contributed by atoms with E-state index in [1.165, 1.54) is 7.11 Å². The van der Waals surface area contributed by atoms with Gasteiger partial charge in [0.15, 0.2) is 0 Å². The first-order chi connectivity index (χ1) is 5.15. The molecule has 0 saturated heterocycles. The van der Waals surface area contributed by atoms with Gasteiger partial charge in [0.1, 0.15) is 0 Å². The summed E-state index contributed by atoms with van der Waals surface area (Å²) in [5.41, 5.74) is 0.669. The molecular formula is C6H4I2O2S. The quantitative estimate of drug-likeness (QED) is 0.541. The summed E-state index contributed by atoms with van der Waals surface area (Å²) in [6, 6.07) is 1.83. The van der Waals surface area contributed by atoms with E-state index in [2.05, 4.69) is 49.9 Å². The SMILES string of the molecule is COC(=O)c1cc(I)sc1I. The Morgan fingerprint density at radius 1 is 1.64 bits per heavy atom. The molecule has 1 rings (SSSR count). The van der Waals surface area contributed by atoms with Gasteiger partial charge in [0.25, 0.3) is 0 Å². The van der Waals surface area contributed by atoms with Crippen molar-refractivity contribution in [1.82, 2.24) is 0 Å². The standard InChI is InChI=1S/C6H4I2O2S/c1-10-6(9)3-2-4(7)11-5(3)8/h2H,1H3. The smallest absolute Gasteiger partial charge is 0.339 e. The summed E-state index contributed by atoms with van der Waals surface area (Å²) in [4.78, 5) is 11.0. The van der Waals surface area contributed by atoms with Crippen molar-refractivity contribution < 1.29 is 9.53 Å². The predicted molar refractivity (Wildman–Crippen MR) is 61.1 cm³/mol. The molecule has 0 N–H and O–H groups in total. The number of methoxy groups -OCH3 is 1. The predicted octanol–water partition coefficient (Wildman–Crippen LogP) is 2.74. The first-order valence-corrected chi connectivity index (χ1v) is 5.65. The van der Waals surface area contributed by atoms with Gasteiger partial charge in [-0.1, -0.05) is 0 Å². The zero-order valence-electron chi connectivity index (χ0n) is 5.56. The number of halogens is 2. The highest BCUT2D eigenvalue weighted by Gasteiger charge is 2.12. The molecular weight excluding hydrogens is 390 g/mol. The number of carbonyl (C=O) groups excluding carboxylic acids is 1. The summed E-state index contributed by atoms with van der Waals surface area (Å²) in [5.74, 6) is -0.256. The molecule has 1 aromatic heterocycles. The number of esters is 1. The molecule has 0 aromatic carbocycles. The van der Waals surface area contributed by atoms with E-state index in [0.717, 1.165) is 5.77 Å². The highest BCUT2D eigenvalue weighted by molar-refractivity contribution is 14.1. The lowest BCUT2D eigenvalue weighted by Crippen LogP contribution is -2.00. The molecule has 2 nitrogen and oxygen atoms in total. The number of hydrogen-bond donors (Lipinski definition) is 0. The Morgan fingerprint density at radius 2 is 2.27 bits per heavy atom. The third kappa shape index (κ3) is 2.28. The first kappa shape index (κ1) is 9.72. The summed E-state index contributed by atoms with van der Waals surface area (Å²) < 4.78 is 6.68. The minimum Gasteiger partial charge on any atom is -0.465 e. The maximum Gasteiger partial charge on any atom is 0.339 e. The fraction of sp³-hybridized carbons (Fsp3) is 0.167. The van der Waals surface area contributed by atoms with Crippen LogP contribution in [0, 0.1) is 5.77 Å². The molecule has 5 heteroatoms.